The Morgan fingerprint density at radius 1 is 0.632 bits per heavy atom. The van der Waals surface area contributed by atoms with E-state index >= 15 is 0 Å². The summed E-state index contributed by atoms with van der Waals surface area (Å²) in [6.07, 6.45) is 5.65. The number of benzene rings is 6. The molecule has 0 spiro atoms. The molecule has 0 fully saturated rings. The van der Waals surface area contributed by atoms with E-state index in [-0.39, 0.29) is 23.8 Å². The molecule has 0 aliphatic heterocycles. The maximum Gasteiger partial charge on any atom is 0.328 e. The van der Waals surface area contributed by atoms with Crippen LogP contribution in [0.25, 0.3) is 40.5 Å². The van der Waals surface area contributed by atoms with Crippen molar-refractivity contribution < 1.29 is 14.6 Å². The van der Waals surface area contributed by atoms with Gasteiger partial charge >= 0.3 is 6.01 Å². The number of halogens is 1. The third kappa shape index (κ3) is 8.71. The molecule has 8 aromatic rings. The zero-order chi connectivity index (χ0) is 39.0. The topological polar surface area (TPSA) is 108 Å². The first kappa shape index (κ1) is 36.8. The Bertz CT molecular complexity index is 2600. The van der Waals surface area contributed by atoms with Gasteiger partial charge in [0.1, 0.15) is 17.2 Å². The van der Waals surface area contributed by atoms with Crippen LogP contribution in [0.2, 0.25) is 5.28 Å². The van der Waals surface area contributed by atoms with Gasteiger partial charge in [-0.1, -0.05) is 145 Å². The molecule has 2 aromatic heterocycles. The maximum absolute atomic E-state index is 9.57. The van der Waals surface area contributed by atoms with Crippen molar-refractivity contribution in [3.8, 4) is 34.7 Å². The Kier molecular flexibility index (Phi) is 11.0. The van der Waals surface area contributed by atoms with Gasteiger partial charge in [0.25, 0.3) is 5.95 Å². The minimum absolute atomic E-state index is 0.00970. The van der Waals surface area contributed by atoms with Crippen molar-refractivity contribution in [2.24, 2.45) is 0 Å². The smallest absolute Gasteiger partial charge is 0.328 e. The summed E-state index contributed by atoms with van der Waals surface area (Å²) in [5.74, 6) is 1.35. The number of rotatable bonds is 12. The molecular formula is C47H35ClN6O3. The minimum atomic E-state index is -0.0700. The second-order valence-corrected chi connectivity index (χ2v) is 13.3. The molecule has 0 radical (unpaired) electrons. The second-order valence-electron chi connectivity index (χ2n) is 12.9. The summed E-state index contributed by atoms with van der Waals surface area (Å²) in [5.41, 5.74) is 10.8. The van der Waals surface area contributed by atoms with Crippen molar-refractivity contribution in [3.05, 3.63) is 208 Å². The van der Waals surface area contributed by atoms with Gasteiger partial charge in [-0.25, -0.2) is 0 Å². The first-order valence-electron chi connectivity index (χ1n) is 18.1. The summed E-state index contributed by atoms with van der Waals surface area (Å²) in [5, 5.41) is 18.2. The average molecular weight is 767 g/mol. The van der Waals surface area contributed by atoms with E-state index in [1.807, 2.05) is 66.7 Å². The molecule has 1 N–H and O–H groups in total. The van der Waals surface area contributed by atoms with Gasteiger partial charge in [0.15, 0.2) is 0 Å². The molecule has 2 heterocycles. The van der Waals surface area contributed by atoms with Gasteiger partial charge in [0.2, 0.25) is 5.28 Å². The van der Waals surface area contributed by atoms with Crippen LogP contribution in [0.1, 0.15) is 38.9 Å². The van der Waals surface area contributed by atoms with Gasteiger partial charge in [-0.15, -0.1) is 5.10 Å². The molecule has 6 aromatic carbocycles. The SMILES string of the molecule is COc1cc(/C=C/c2ccc(Oc3nc(Cl)nc(-n4cc(-c5ccc(C(=C(c6ccccc6)c6ccccc6)c6ccccc6)cc5)nn4)n3)cc2)cc(CO)c1. The van der Waals surface area contributed by atoms with E-state index in [0.717, 1.165) is 55.7 Å². The first-order valence-corrected chi connectivity index (χ1v) is 18.5. The highest BCUT2D eigenvalue weighted by Gasteiger charge is 2.17. The van der Waals surface area contributed by atoms with Crippen LogP contribution in [-0.4, -0.2) is 42.2 Å². The summed E-state index contributed by atoms with van der Waals surface area (Å²) >= 11 is 6.33. The zero-order valence-corrected chi connectivity index (χ0v) is 31.5. The van der Waals surface area contributed by atoms with Crippen molar-refractivity contribution in [1.82, 2.24) is 29.9 Å². The van der Waals surface area contributed by atoms with E-state index < -0.39 is 0 Å². The Morgan fingerprint density at radius 3 is 1.79 bits per heavy atom. The predicted molar refractivity (Wildman–Crippen MR) is 224 cm³/mol. The molecule has 0 aliphatic rings. The number of aliphatic hydroxyl groups is 1. The van der Waals surface area contributed by atoms with Gasteiger partial charge < -0.3 is 14.6 Å². The summed E-state index contributed by atoms with van der Waals surface area (Å²) in [6.45, 7) is -0.0700. The highest BCUT2D eigenvalue weighted by molar-refractivity contribution is 6.28. The lowest BCUT2D eigenvalue weighted by atomic mass is 9.85. The van der Waals surface area contributed by atoms with Gasteiger partial charge in [-0.2, -0.15) is 19.6 Å². The van der Waals surface area contributed by atoms with Crippen LogP contribution in [0.3, 0.4) is 0 Å². The van der Waals surface area contributed by atoms with Crippen molar-refractivity contribution in [3.63, 3.8) is 0 Å². The summed E-state index contributed by atoms with van der Waals surface area (Å²) in [7, 11) is 1.60. The highest BCUT2D eigenvalue weighted by Crippen LogP contribution is 2.37. The number of hydrogen-bond donors (Lipinski definition) is 1. The lowest BCUT2D eigenvalue weighted by Gasteiger charge is -2.18. The van der Waals surface area contributed by atoms with Crippen LogP contribution in [0, 0.1) is 0 Å². The van der Waals surface area contributed by atoms with E-state index in [1.54, 1.807) is 31.5 Å². The molecule has 0 atom stereocenters. The monoisotopic (exact) mass is 766 g/mol. The molecule has 0 bridgehead atoms. The summed E-state index contributed by atoms with van der Waals surface area (Å²) in [4.78, 5) is 12.9. The minimum Gasteiger partial charge on any atom is -0.497 e. The van der Waals surface area contributed by atoms with E-state index in [0.29, 0.717) is 17.2 Å². The Hall–Kier alpha value is -7.20. The zero-order valence-electron chi connectivity index (χ0n) is 30.8. The van der Waals surface area contributed by atoms with Gasteiger partial charge in [0, 0.05) is 5.56 Å². The quantitative estimate of drug-likeness (QED) is 0.123. The van der Waals surface area contributed by atoms with Gasteiger partial charge in [-0.05, 0) is 92.0 Å². The number of aromatic nitrogens is 6. The third-order valence-corrected chi connectivity index (χ3v) is 9.31. The first-order chi connectivity index (χ1) is 28.0. The fourth-order valence-electron chi connectivity index (χ4n) is 6.43. The third-order valence-electron chi connectivity index (χ3n) is 9.15. The summed E-state index contributed by atoms with van der Waals surface area (Å²) < 4.78 is 12.8. The molecular weight excluding hydrogens is 732 g/mol. The number of aliphatic hydroxyl groups excluding tert-OH is 1. The van der Waals surface area contributed by atoms with Gasteiger partial charge in [0.05, 0.1) is 19.9 Å². The standard InChI is InChI=1S/C47H35ClN6O3/c1-56-41-28-33(27-34(29-41)31-55)18-17-32-19-25-40(26-20-32)57-47-50-45(48)49-46(51-47)54-30-42(52-53-54)35-21-23-39(24-22-35)44(38-15-9-4-10-16-38)43(36-11-5-2-6-12-36)37-13-7-3-8-14-37/h2-30,55H,31H2,1H3/b18-17+. The highest BCUT2D eigenvalue weighted by atomic mass is 35.5. The maximum atomic E-state index is 9.57. The van der Waals surface area contributed by atoms with E-state index in [1.165, 1.54) is 4.68 Å². The fraction of sp³-hybridized carbons (Fsp3) is 0.0426. The predicted octanol–water partition coefficient (Wildman–Crippen LogP) is 10.2. The molecule has 0 aliphatic carbocycles. The molecule has 0 unspecified atom stereocenters. The van der Waals surface area contributed by atoms with Crippen LogP contribution in [0.5, 0.6) is 17.5 Å². The van der Waals surface area contributed by atoms with Crippen molar-refractivity contribution in [2.75, 3.05) is 7.11 Å². The second kappa shape index (κ2) is 17.1. The lowest BCUT2D eigenvalue weighted by molar-refractivity contribution is 0.281. The van der Waals surface area contributed by atoms with Crippen LogP contribution < -0.4 is 9.47 Å². The number of methoxy groups -OCH3 is 1. The average Bonchev–Trinajstić information content (AvgIpc) is 3.77. The van der Waals surface area contributed by atoms with Crippen molar-refractivity contribution >= 4 is 34.9 Å². The van der Waals surface area contributed by atoms with Crippen LogP contribution in [-0.2, 0) is 6.61 Å². The normalized spacial score (nSPS) is 11.1. The molecule has 9 nitrogen and oxygen atoms in total. The molecule has 278 valence electrons. The number of ether oxygens (including phenoxy) is 2. The van der Waals surface area contributed by atoms with E-state index in [9.17, 15) is 5.11 Å². The Morgan fingerprint density at radius 2 is 1.21 bits per heavy atom. The van der Waals surface area contributed by atoms with Crippen molar-refractivity contribution in [1.29, 1.82) is 0 Å². The molecule has 8 rings (SSSR count). The van der Waals surface area contributed by atoms with Crippen LogP contribution in [0.15, 0.2) is 164 Å². The van der Waals surface area contributed by atoms with E-state index in [4.69, 9.17) is 21.1 Å². The number of nitrogens with zero attached hydrogens (tertiary/aromatic N) is 6. The fourth-order valence-corrected chi connectivity index (χ4v) is 6.58. The molecule has 10 heteroatoms. The van der Waals surface area contributed by atoms with Gasteiger partial charge in [-0.3, -0.25) is 0 Å². The van der Waals surface area contributed by atoms with Crippen LogP contribution in [0.4, 0.5) is 0 Å². The molecule has 57 heavy (non-hydrogen) atoms. The molecule has 0 amide bonds. The Labute approximate surface area is 334 Å². The molecule has 0 saturated heterocycles. The Balaban J connectivity index is 1.03. The van der Waals surface area contributed by atoms with E-state index in [2.05, 4.69) is 110 Å². The largest absolute Gasteiger partial charge is 0.497 e. The lowest BCUT2D eigenvalue weighted by Crippen LogP contribution is -2.05. The summed E-state index contributed by atoms with van der Waals surface area (Å²) in [6, 6.07) is 52.7. The number of hydrogen-bond acceptors (Lipinski definition) is 8. The van der Waals surface area contributed by atoms with Crippen LogP contribution >= 0.6 is 11.6 Å². The van der Waals surface area contributed by atoms with Crippen molar-refractivity contribution in [2.45, 2.75) is 6.61 Å². The molecule has 0 saturated carbocycles.